The Bertz CT molecular complexity index is 1330. The van der Waals surface area contributed by atoms with Crippen LogP contribution in [0.5, 0.6) is 10.9 Å². The van der Waals surface area contributed by atoms with Crippen LogP contribution in [0.15, 0.2) is 30.7 Å². The first kappa shape index (κ1) is 19.3. The second-order valence-electron chi connectivity index (χ2n) is 6.71. The topological polar surface area (TPSA) is 89.1 Å². The average molecular weight is 434 g/mol. The molecular weight excluding hydrogens is 416 g/mol. The van der Waals surface area contributed by atoms with Gasteiger partial charge in [0.15, 0.2) is 0 Å². The van der Waals surface area contributed by atoms with E-state index in [1.165, 1.54) is 11.3 Å². The molecule has 3 aromatic heterocycles. The fraction of sp³-hybridized carbons (Fsp3) is 0.238. The number of nitrogens with zero attached hydrogens (tertiary/aromatic N) is 6. The Kier molecular flexibility index (Phi) is 4.89. The number of imidazole rings is 1. The van der Waals surface area contributed by atoms with Crippen LogP contribution in [0.25, 0.3) is 11.4 Å². The normalized spacial score (nSPS) is 11.6. The molecule has 0 unspecified atom stereocenters. The molecule has 0 radical (unpaired) electrons. The highest BCUT2D eigenvalue weighted by Gasteiger charge is 2.26. The van der Waals surface area contributed by atoms with E-state index < -0.39 is 0 Å². The van der Waals surface area contributed by atoms with Crippen LogP contribution in [0.1, 0.15) is 27.7 Å². The summed E-state index contributed by atoms with van der Waals surface area (Å²) >= 11 is 1.39. The largest absolute Gasteiger partial charge is 0.497 e. The molecule has 0 amide bonds. The average Bonchev–Trinajstić information content (AvgIpc) is 3.50. The SMILES string of the molecule is COCc1nnn2c1Cc1c(C#Cc3cnc(OC)s3)ncn1-c1ccc(OC)cc1-2. The summed E-state index contributed by atoms with van der Waals surface area (Å²) in [5.74, 6) is 7.06. The van der Waals surface area contributed by atoms with Gasteiger partial charge in [0.05, 0.1) is 49.8 Å². The van der Waals surface area contributed by atoms with Gasteiger partial charge in [-0.1, -0.05) is 16.6 Å². The fourth-order valence-corrected chi connectivity index (χ4v) is 4.08. The van der Waals surface area contributed by atoms with Gasteiger partial charge in [-0.25, -0.2) is 14.6 Å². The Balaban J connectivity index is 1.66. The van der Waals surface area contributed by atoms with E-state index >= 15 is 0 Å². The molecule has 1 aromatic carbocycles. The van der Waals surface area contributed by atoms with Crippen molar-refractivity contribution in [2.24, 2.45) is 0 Å². The van der Waals surface area contributed by atoms with Crippen LogP contribution in [-0.4, -0.2) is 50.9 Å². The van der Waals surface area contributed by atoms with Crippen LogP contribution in [-0.2, 0) is 17.8 Å². The molecular formula is C21H18N6O3S. The van der Waals surface area contributed by atoms with Gasteiger partial charge in [0.25, 0.3) is 5.19 Å². The van der Waals surface area contributed by atoms with Gasteiger partial charge in [-0.05, 0) is 24.0 Å². The van der Waals surface area contributed by atoms with Crippen molar-refractivity contribution in [2.75, 3.05) is 21.3 Å². The lowest BCUT2D eigenvalue weighted by atomic mass is 10.1. The van der Waals surface area contributed by atoms with E-state index in [9.17, 15) is 0 Å². The van der Waals surface area contributed by atoms with Crippen molar-refractivity contribution < 1.29 is 14.2 Å². The Morgan fingerprint density at radius 2 is 1.97 bits per heavy atom. The highest BCUT2D eigenvalue weighted by Crippen LogP contribution is 2.32. The predicted molar refractivity (Wildman–Crippen MR) is 113 cm³/mol. The first-order chi connectivity index (χ1) is 15.2. The van der Waals surface area contributed by atoms with Gasteiger partial charge in [0.2, 0.25) is 0 Å². The number of hydrogen-bond acceptors (Lipinski definition) is 8. The zero-order valence-corrected chi connectivity index (χ0v) is 17.9. The number of methoxy groups -OCH3 is 3. The van der Waals surface area contributed by atoms with Gasteiger partial charge < -0.3 is 14.2 Å². The van der Waals surface area contributed by atoms with Crippen LogP contribution in [0.2, 0.25) is 0 Å². The Morgan fingerprint density at radius 3 is 2.74 bits per heavy atom. The molecule has 1 aliphatic heterocycles. The number of aromatic nitrogens is 6. The third-order valence-corrected chi connectivity index (χ3v) is 5.83. The van der Waals surface area contributed by atoms with E-state index in [2.05, 4.69) is 32.1 Å². The fourth-order valence-electron chi connectivity index (χ4n) is 3.50. The lowest BCUT2D eigenvalue weighted by Crippen LogP contribution is -2.04. The molecule has 0 saturated heterocycles. The summed E-state index contributed by atoms with van der Waals surface area (Å²) in [7, 11) is 4.87. The summed E-state index contributed by atoms with van der Waals surface area (Å²) in [5.41, 5.74) is 5.12. The first-order valence-electron chi connectivity index (χ1n) is 9.41. The lowest BCUT2D eigenvalue weighted by molar-refractivity contribution is 0.180. The van der Waals surface area contributed by atoms with Gasteiger partial charge in [0, 0.05) is 19.6 Å². The summed E-state index contributed by atoms with van der Waals surface area (Å²) in [4.78, 5) is 9.56. The Hall–Kier alpha value is -3.68. The number of fused-ring (bicyclic) bond motifs is 5. The summed E-state index contributed by atoms with van der Waals surface area (Å²) in [6.45, 7) is 0.366. The van der Waals surface area contributed by atoms with Crippen molar-refractivity contribution >= 4 is 11.3 Å². The minimum absolute atomic E-state index is 0.366. The van der Waals surface area contributed by atoms with E-state index in [1.54, 1.807) is 33.9 Å². The second kappa shape index (κ2) is 7.86. The molecule has 9 nitrogen and oxygen atoms in total. The minimum atomic E-state index is 0.366. The number of hydrogen-bond donors (Lipinski definition) is 0. The molecule has 0 bridgehead atoms. The van der Waals surface area contributed by atoms with Crippen LogP contribution in [0, 0.1) is 11.8 Å². The van der Waals surface area contributed by atoms with Crippen LogP contribution in [0.3, 0.4) is 0 Å². The maximum Gasteiger partial charge on any atom is 0.274 e. The van der Waals surface area contributed by atoms with E-state index in [1.807, 2.05) is 27.4 Å². The molecule has 5 rings (SSSR count). The number of ether oxygens (including phenoxy) is 3. The van der Waals surface area contributed by atoms with Crippen LogP contribution in [0.4, 0.5) is 0 Å². The molecule has 4 aromatic rings. The lowest BCUT2D eigenvalue weighted by Gasteiger charge is -2.11. The quantitative estimate of drug-likeness (QED) is 0.401. The van der Waals surface area contributed by atoms with Gasteiger partial charge in [-0.15, -0.1) is 5.10 Å². The monoisotopic (exact) mass is 434 g/mol. The smallest absolute Gasteiger partial charge is 0.274 e. The minimum Gasteiger partial charge on any atom is -0.497 e. The predicted octanol–water partition coefficient (Wildman–Crippen LogP) is 2.38. The summed E-state index contributed by atoms with van der Waals surface area (Å²) < 4.78 is 19.8. The van der Waals surface area contributed by atoms with Gasteiger partial charge in [-0.2, -0.15) is 0 Å². The maximum atomic E-state index is 5.43. The van der Waals surface area contributed by atoms with E-state index in [4.69, 9.17) is 14.2 Å². The van der Waals surface area contributed by atoms with Gasteiger partial charge in [-0.3, -0.25) is 4.57 Å². The molecule has 1 aliphatic rings. The molecule has 0 N–H and O–H groups in total. The number of rotatable bonds is 4. The molecule has 4 heterocycles. The highest BCUT2D eigenvalue weighted by molar-refractivity contribution is 7.13. The zero-order chi connectivity index (χ0) is 21.4. The molecule has 0 aliphatic carbocycles. The highest BCUT2D eigenvalue weighted by atomic mass is 32.1. The molecule has 0 atom stereocenters. The third kappa shape index (κ3) is 3.34. The standard InChI is InChI=1S/C21H18N6O3S/c1-28-11-16-19-9-18-15(6-5-14-10-22-21(30-3)31-14)23-12-26(18)17-7-4-13(29-2)8-20(17)27(19)25-24-16/h4,7-8,10,12H,9,11H2,1-3H3. The summed E-state index contributed by atoms with van der Waals surface area (Å²) in [6.07, 6.45) is 4.04. The van der Waals surface area contributed by atoms with Crippen molar-refractivity contribution in [1.82, 2.24) is 29.5 Å². The molecule has 0 spiro atoms. The molecule has 0 saturated carbocycles. The summed E-state index contributed by atoms with van der Waals surface area (Å²) in [6, 6.07) is 5.83. The second-order valence-corrected chi connectivity index (χ2v) is 7.71. The van der Waals surface area contributed by atoms with Crippen molar-refractivity contribution in [3.05, 3.63) is 58.4 Å². The molecule has 10 heteroatoms. The maximum absolute atomic E-state index is 5.43. The van der Waals surface area contributed by atoms with E-state index in [0.717, 1.165) is 39.1 Å². The van der Waals surface area contributed by atoms with Crippen molar-refractivity contribution in [3.63, 3.8) is 0 Å². The molecule has 31 heavy (non-hydrogen) atoms. The number of benzene rings is 1. The Morgan fingerprint density at radius 1 is 1.06 bits per heavy atom. The third-order valence-electron chi connectivity index (χ3n) is 4.96. The number of thiazole rings is 1. The van der Waals surface area contributed by atoms with Gasteiger partial charge >= 0.3 is 0 Å². The van der Waals surface area contributed by atoms with Crippen molar-refractivity contribution in [2.45, 2.75) is 13.0 Å². The van der Waals surface area contributed by atoms with Gasteiger partial charge in [0.1, 0.15) is 28.3 Å². The van der Waals surface area contributed by atoms with Crippen molar-refractivity contribution in [1.29, 1.82) is 0 Å². The van der Waals surface area contributed by atoms with Crippen molar-refractivity contribution in [3.8, 4) is 34.2 Å². The first-order valence-corrected chi connectivity index (χ1v) is 10.2. The molecule has 0 fully saturated rings. The van der Waals surface area contributed by atoms with E-state index in [-0.39, 0.29) is 0 Å². The van der Waals surface area contributed by atoms with Crippen LogP contribution < -0.4 is 9.47 Å². The zero-order valence-electron chi connectivity index (χ0n) is 17.1. The molecule has 156 valence electrons. The Labute approximate surface area is 182 Å². The van der Waals surface area contributed by atoms with Crippen LogP contribution >= 0.6 is 11.3 Å². The van der Waals surface area contributed by atoms with E-state index in [0.29, 0.717) is 23.9 Å². The summed E-state index contributed by atoms with van der Waals surface area (Å²) in [5, 5.41) is 9.31.